The number of hydrogen-bond donors (Lipinski definition) is 1. The van der Waals surface area contributed by atoms with Crippen LogP contribution in [0.2, 0.25) is 0 Å². The minimum atomic E-state index is -0.167. The molecular formula is C12H22O3. The molecular weight excluding hydrogens is 192 g/mol. The van der Waals surface area contributed by atoms with Crippen LogP contribution in [0.25, 0.3) is 0 Å². The molecule has 1 aliphatic carbocycles. The van der Waals surface area contributed by atoms with E-state index in [1.807, 2.05) is 0 Å². The van der Waals surface area contributed by atoms with Gasteiger partial charge in [-0.2, -0.15) is 0 Å². The molecule has 0 bridgehead atoms. The molecule has 0 heterocycles. The van der Waals surface area contributed by atoms with Crippen LogP contribution in [0, 0.1) is 5.92 Å². The van der Waals surface area contributed by atoms with Gasteiger partial charge in [-0.3, -0.25) is 4.79 Å². The van der Waals surface area contributed by atoms with Gasteiger partial charge in [0, 0.05) is 13.0 Å². The Labute approximate surface area is 91.8 Å². The highest BCUT2D eigenvalue weighted by atomic mass is 16.5. The van der Waals surface area contributed by atoms with E-state index in [1.165, 1.54) is 32.1 Å². The molecule has 0 unspecified atom stereocenters. The minimum Gasteiger partial charge on any atom is -0.466 e. The van der Waals surface area contributed by atoms with E-state index in [0.29, 0.717) is 19.4 Å². The molecule has 3 heteroatoms. The molecule has 0 atom stereocenters. The van der Waals surface area contributed by atoms with Crippen LogP contribution in [0.15, 0.2) is 0 Å². The third-order valence-corrected chi connectivity index (χ3v) is 3.05. The number of esters is 1. The quantitative estimate of drug-likeness (QED) is 0.690. The number of aliphatic hydroxyl groups excluding tert-OH is 1. The smallest absolute Gasteiger partial charge is 0.305 e. The molecule has 0 aromatic carbocycles. The summed E-state index contributed by atoms with van der Waals surface area (Å²) >= 11 is 0. The maximum absolute atomic E-state index is 11.1. The Hall–Kier alpha value is -0.570. The third kappa shape index (κ3) is 5.78. The van der Waals surface area contributed by atoms with E-state index >= 15 is 0 Å². The van der Waals surface area contributed by atoms with E-state index in [1.54, 1.807) is 0 Å². The molecule has 3 nitrogen and oxygen atoms in total. The summed E-state index contributed by atoms with van der Waals surface area (Å²) in [5.74, 6) is 0.601. The van der Waals surface area contributed by atoms with Gasteiger partial charge in [0.25, 0.3) is 0 Å². The molecule has 1 saturated carbocycles. The van der Waals surface area contributed by atoms with Gasteiger partial charge in [0.2, 0.25) is 0 Å². The molecule has 0 aromatic rings. The first-order valence-electron chi connectivity index (χ1n) is 6.09. The molecule has 1 aliphatic rings. The lowest BCUT2D eigenvalue weighted by molar-refractivity contribution is -0.144. The lowest BCUT2D eigenvalue weighted by Crippen LogP contribution is -2.12. The maximum Gasteiger partial charge on any atom is 0.305 e. The van der Waals surface area contributed by atoms with Crippen LogP contribution in [0.1, 0.15) is 51.4 Å². The van der Waals surface area contributed by atoms with Crippen molar-refractivity contribution in [1.29, 1.82) is 0 Å². The monoisotopic (exact) mass is 214 g/mol. The van der Waals surface area contributed by atoms with Gasteiger partial charge in [-0.05, 0) is 18.8 Å². The lowest BCUT2D eigenvalue weighted by Gasteiger charge is -2.20. The summed E-state index contributed by atoms with van der Waals surface area (Å²) in [6.07, 6.45) is 8.52. The molecule has 15 heavy (non-hydrogen) atoms. The fraction of sp³-hybridized carbons (Fsp3) is 0.917. The average Bonchev–Trinajstić information content (AvgIpc) is 2.28. The van der Waals surface area contributed by atoms with E-state index in [9.17, 15) is 4.79 Å². The Morgan fingerprint density at radius 1 is 1.27 bits per heavy atom. The first-order chi connectivity index (χ1) is 7.33. The number of ether oxygens (including phenoxy) is 1. The zero-order valence-corrected chi connectivity index (χ0v) is 9.41. The number of carbonyl (C=O) groups excluding carboxylic acids is 1. The predicted molar refractivity (Wildman–Crippen MR) is 58.5 cm³/mol. The van der Waals surface area contributed by atoms with Crippen molar-refractivity contribution in [3.05, 3.63) is 0 Å². The fourth-order valence-electron chi connectivity index (χ4n) is 2.11. The second-order valence-electron chi connectivity index (χ2n) is 4.34. The van der Waals surface area contributed by atoms with Crippen molar-refractivity contribution < 1.29 is 14.6 Å². The first-order valence-corrected chi connectivity index (χ1v) is 6.09. The Balaban J connectivity index is 1.97. The van der Waals surface area contributed by atoms with Gasteiger partial charge < -0.3 is 9.84 Å². The van der Waals surface area contributed by atoms with Gasteiger partial charge in [-0.1, -0.05) is 32.1 Å². The highest BCUT2D eigenvalue weighted by molar-refractivity contribution is 5.69. The summed E-state index contributed by atoms with van der Waals surface area (Å²) in [6, 6.07) is 0. The number of hydrogen-bond acceptors (Lipinski definition) is 3. The Morgan fingerprint density at radius 2 is 2.00 bits per heavy atom. The van der Waals surface area contributed by atoms with Crippen LogP contribution < -0.4 is 0 Å². The molecule has 0 spiro atoms. The van der Waals surface area contributed by atoms with Crippen LogP contribution in [0.5, 0.6) is 0 Å². The summed E-state index contributed by atoms with van der Waals surface area (Å²) in [5.41, 5.74) is 0. The number of rotatable bonds is 6. The third-order valence-electron chi connectivity index (χ3n) is 3.05. The van der Waals surface area contributed by atoms with Crippen LogP contribution in [0.4, 0.5) is 0 Å². The van der Waals surface area contributed by atoms with Crippen molar-refractivity contribution in [3.63, 3.8) is 0 Å². The molecule has 0 aromatic heterocycles. The molecule has 1 rings (SSSR count). The topological polar surface area (TPSA) is 46.5 Å². The van der Waals surface area contributed by atoms with E-state index in [0.717, 1.165) is 12.3 Å². The highest BCUT2D eigenvalue weighted by Gasteiger charge is 2.13. The van der Waals surface area contributed by atoms with Gasteiger partial charge >= 0.3 is 5.97 Å². The Morgan fingerprint density at radius 3 is 2.67 bits per heavy atom. The van der Waals surface area contributed by atoms with E-state index in [2.05, 4.69) is 0 Å². The molecule has 1 fully saturated rings. The normalized spacial score (nSPS) is 17.7. The summed E-state index contributed by atoms with van der Waals surface area (Å²) in [6.45, 7) is 0.632. The van der Waals surface area contributed by atoms with E-state index < -0.39 is 0 Å². The predicted octanol–water partition coefficient (Wildman–Crippen LogP) is 2.27. The summed E-state index contributed by atoms with van der Waals surface area (Å²) < 4.78 is 5.10. The van der Waals surface area contributed by atoms with Crippen LogP contribution in [-0.4, -0.2) is 24.3 Å². The van der Waals surface area contributed by atoms with Gasteiger partial charge in [0.15, 0.2) is 0 Å². The number of carbonyl (C=O) groups is 1. The summed E-state index contributed by atoms with van der Waals surface area (Å²) in [5, 5.41) is 8.54. The van der Waals surface area contributed by atoms with Crippen LogP contribution >= 0.6 is 0 Å². The van der Waals surface area contributed by atoms with E-state index in [-0.39, 0.29) is 12.6 Å². The molecule has 0 radical (unpaired) electrons. The molecule has 0 saturated heterocycles. The van der Waals surface area contributed by atoms with Gasteiger partial charge in [-0.15, -0.1) is 0 Å². The fourth-order valence-corrected chi connectivity index (χ4v) is 2.11. The van der Waals surface area contributed by atoms with Crippen molar-refractivity contribution in [2.45, 2.75) is 51.4 Å². The van der Waals surface area contributed by atoms with Crippen molar-refractivity contribution in [2.75, 3.05) is 13.2 Å². The second-order valence-corrected chi connectivity index (χ2v) is 4.34. The van der Waals surface area contributed by atoms with E-state index in [4.69, 9.17) is 9.84 Å². The van der Waals surface area contributed by atoms with Crippen LogP contribution in [-0.2, 0) is 9.53 Å². The zero-order chi connectivity index (χ0) is 10.9. The zero-order valence-electron chi connectivity index (χ0n) is 9.41. The van der Waals surface area contributed by atoms with Crippen molar-refractivity contribution in [1.82, 2.24) is 0 Å². The van der Waals surface area contributed by atoms with Crippen molar-refractivity contribution in [2.24, 2.45) is 5.92 Å². The molecule has 1 N–H and O–H groups in total. The lowest BCUT2D eigenvalue weighted by atomic mass is 9.87. The standard InChI is InChI=1S/C12H22O3/c13-9-4-7-12(14)15-10-8-11-5-2-1-3-6-11/h11,13H,1-10H2. The average molecular weight is 214 g/mol. The second kappa shape index (κ2) is 7.69. The van der Waals surface area contributed by atoms with Crippen molar-refractivity contribution in [3.8, 4) is 0 Å². The van der Waals surface area contributed by atoms with Crippen LogP contribution in [0.3, 0.4) is 0 Å². The summed E-state index contributed by atoms with van der Waals surface area (Å²) in [7, 11) is 0. The maximum atomic E-state index is 11.1. The minimum absolute atomic E-state index is 0.0672. The van der Waals surface area contributed by atoms with Gasteiger partial charge in [-0.25, -0.2) is 0 Å². The SMILES string of the molecule is O=C(CCCO)OCCC1CCCCC1. The largest absolute Gasteiger partial charge is 0.466 e. The Kier molecular flexibility index (Phi) is 6.41. The molecule has 0 amide bonds. The van der Waals surface area contributed by atoms with Gasteiger partial charge in [0.1, 0.15) is 0 Å². The molecule has 0 aliphatic heterocycles. The summed E-state index contributed by atoms with van der Waals surface area (Å²) in [4.78, 5) is 11.1. The molecule has 88 valence electrons. The van der Waals surface area contributed by atoms with Crippen molar-refractivity contribution >= 4 is 5.97 Å². The Bertz CT molecular complexity index is 174. The van der Waals surface area contributed by atoms with Gasteiger partial charge in [0.05, 0.1) is 6.61 Å². The number of aliphatic hydroxyl groups is 1. The highest BCUT2D eigenvalue weighted by Crippen LogP contribution is 2.26. The first kappa shape index (κ1) is 12.5.